The lowest BCUT2D eigenvalue weighted by Crippen LogP contribution is -2.31. The van der Waals surface area contributed by atoms with Crippen molar-refractivity contribution >= 4 is 21.9 Å². The number of halogens is 1. The highest BCUT2D eigenvalue weighted by Gasteiger charge is 2.15. The average molecular weight is 327 g/mol. The van der Waals surface area contributed by atoms with E-state index in [1.165, 1.54) is 36.7 Å². The van der Waals surface area contributed by atoms with E-state index in [-0.39, 0.29) is 11.4 Å². The topological polar surface area (TPSA) is 87.9 Å². The molecule has 0 bridgehead atoms. The normalized spacial score (nSPS) is 16.3. The van der Waals surface area contributed by atoms with Gasteiger partial charge in [-0.05, 0) is 34.7 Å². The third-order valence-electron chi connectivity index (χ3n) is 3.46. The Hall–Kier alpha value is -1.30. The molecule has 0 spiro atoms. The summed E-state index contributed by atoms with van der Waals surface area (Å²) in [6, 6.07) is 1.59. The highest BCUT2D eigenvalue weighted by molar-refractivity contribution is 9.10. The summed E-state index contributed by atoms with van der Waals surface area (Å²) in [6.45, 7) is 0.697. The zero-order valence-corrected chi connectivity index (χ0v) is 12.4. The lowest BCUT2D eigenvalue weighted by molar-refractivity contribution is 0.207. The van der Waals surface area contributed by atoms with Gasteiger partial charge in [0.25, 0.3) is 0 Å². The quantitative estimate of drug-likeness (QED) is 0.588. The van der Waals surface area contributed by atoms with Crippen LogP contribution in [-0.2, 0) is 0 Å². The number of pyridine rings is 1. The molecule has 1 saturated carbocycles. The Morgan fingerprint density at radius 1 is 1.42 bits per heavy atom. The standard InChI is InChI=1S/C13H19BrN4O/c14-10-7-18(13(16)17)12(15)6-11(10)19-8-9-4-2-1-3-5-9/h6-7,9,15H,1-5,8H2,(H3,16,17). The van der Waals surface area contributed by atoms with Crippen molar-refractivity contribution in [3.63, 3.8) is 0 Å². The number of nitrogens with zero attached hydrogens (tertiary/aromatic N) is 1. The minimum Gasteiger partial charge on any atom is -0.492 e. The van der Waals surface area contributed by atoms with Gasteiger partial charge in [-0.2, -0.15) is 0 Å². The molecule has 0 saturated heterocycles. The summed E-state index contributed by atoms with van der Waals surface area (Å²) >= 11 is 3.39. The molecule has 4 N–H and O–H groups in total. The van der Waals surface area contributed by atoms with Crippen molar-refractivity contribution in [3.8, 4) is 5.75 Å². The molecule has 0 aliphatic heterocycles. The maximum Gasteiger partial charge on any atom is 0.198 e. The van der Waals surface area contributed by atoms with Gasteiger partial charge in [0.1, 0.15) is 11.2 Å². The van der Waals surface area contributed by atoms with Crippen LogP contribution >= 0.6 is 15.9 Å². The SMILES string of the molecule is N=C(N)n1cc(Br)c(OCC2CCCCC2)cc1=N. The Morgan fingerprint density at radius 3 is 2.74 bits per heavy atom. The molecule has 0 atom stereocenters. The lowest BCUT2D eigenvalue weighted by Gasteiger charge is -2.22. The predicted octanol–water partition coefficient (Wildman–Crippen LogP) is 2.43. The van der Waals surface area contributed by atoms with Crippen molar-refractivity contribution in [2.45, 2.75) is 32.1 Å². The van der Waals surface area contributed by atoms with E-state index >= 15 is 0 Å². The first-order chi connectivity index (χ1) is 9.08. The second-order valence-electron chi connectivity index (χ2n) is 4.94. The van der Waals surface area contributed by atoms with E-state index in [9.17, 15) is 0 Å². The number of hydrogen-bond acceptors (Lipinski definition) is 3. The second-order valence-corrected chi connectivity index (χ2v) is 5.80. The van der Waals surface area contributed by atoms with Crippen LogP contribution in [0.25, 0.3) is 0 Å². The minimum atomic E-state index is -0.176. The molecular weight excluding hydrogens is 308 g/mol. The maximum atomic E-state index is 7.80. The average Bonchev–Trinajstić information content (AvgIpc) is 2.40. The van der Waals surface area contributed by atoms with Crippen LogP contribution in [0.5, 0.6) is 5.75 Å². The summed E-state index contributed by atoms with van der Waals surface area (Å²) in [5, 5.41) is 15.2. The first kappa shape index (κ1) is 14.1. The van der Waals surface area contributed by atoms with Gasteiger partial charge in [-0.1, -0.05) is 19.3 Å². The van der Waals surface area contributed by atoms with Gasteiger partial charge in [0.2, 0.25) is 0 Å². The molecule has 104 valence electrons. The Kier molecular flexibility index (Phi) is 4.63. The van der Waals surface area contributed by atoms with Crippen molar-refractivity contribution in [2.75, 3.05) is 6.61 Å². The molecule has 19 heavy (non-hydrogen) atoms. The van der Waals surface area contributed by atoms with Crippen LogP contribution in [0.15, 0.2) is 16.7 Å². The molecule has 6 heteroatoms. The first-order valence-corrected chi connectivity index (χ1v) is 7.31. The zero-order chi connectivity index (χ0) is 13.8. The van der Waals surface area contributed by atoms with E-state index in [0.29, 0.717) is 18.3 Å². The summed E-state index contributed by atoms with van der Waals surface area (Å²) in [5.41, 5.74) is 5.54. The van der Waals surface area contributed by atoms with Crippen molar-refractivity contribution in [2.24, 2.45) is 11.7 Å². The minimum absolute atomic E-state index is 0.148. The molecule has 1 aromatic heterocycles. The van der Waals surface area contributed by atoms with Crippen molar-refractivity contribution in [1.82, 2.24) is 4.57 Å². The van der Waals surface area contributed by atoms with Gasteiger partial charge in [0.05, 0.1) is 11.1 Å². The summed E-state index contributed by atoms with van der Waals surface area (Å²) in [6.07, 6.45) is 7.97. The summed E-state index contributed by atoms with van der Waals surface area (Å²) in [4.78, 5) is 0. The molecule has 0 unspecified atom stereocenters. The molecule has 0 aromatic carbocycles. The Bertz CT molecular complexity index is 520. The van der Waals surface area contributed by atoms with Crippen LogP contribution in [0.3, 0.4) is 0 Å². The van der Waals surface area contributed by atoms with Crippen LogP contribution in [0, 0.1) is 16.7 Å². The van der Waals surface area contributed by atoms with Gasteiger partial charge in [-0.25, -0.2) is 0 Å². The van der Waals surface area contributed by atoms with Crippen LogP contribution < -0.4 is 16.0 Å². The fourth-order valence-electron chi connectivity index (χ4n) is 2.38. The molecule has 5 nitrogen and oxygen atoms in total. The number of ether oxygens (including phenoxy) is 1. The van der Waals surface area contributed by atoms with Gasteiger partial charge in [-0.15, -0.1) is 0 Å². The molecular formula is C13H19BrN4O. The number of hydrogen-bond donors (Lipinski definition) is 3. The van der Waals surface area contributed by atoms with Gasteiger partial charge in [-0.3, -0.25) is 15.4 Å². The van der Waals surface area contributed by atoms with Crippen LogP contribution in [0.4, 0.5) is 0 Å². The predicted molar refractivity (Wildman–Crippen MR) is 77.4 cm³/mol. The fourth-order valence-corrected chi connectivity index (χ4v) is 2.81. The molecule has 2 rings (SSSR count). The second kappa shape index (κ2) is 6.23. The van der Waals surface area contributed by atoms with Gasteiger partial charge < -0.3 is 10.5 Å². The third-order valence-corrected chi connectivity index (χ3v) is 4.06. The third kappa shape index (κ3) is 3.59. The molecule has 1 heterocycles. The highest BCUT2D eigenvalue weighted by Crippen LogP contribution is 2.27. The first-order valence-electron chi connectivity index (χ1n) is 6.52. The van der Waals surface area contributed by atoms with Crippen LogP contribution in [0.2, 0.25) is 0 Å². The number of aromatic nitrogens is 1. The summed E-state index contributed by atoms with van der Waals surface area (Å²) in [5.74, 6) is 1.09. The monoisotopic (exact) mass is 326 g/mol. The van der Waals surface area contributed by atoms with E-state index in [0.717, 1.165) is 4.47 Å². The Morgan fingerprint density at radius 2 is 2.11 bits per heavy atom. The summed E-state index contributed by atoms with van der Waals surface area (Å²) in [7, 11) is 0. The number of nitrogens with one attached hydrogen (secondary N) is 2. The Balaban J connectivity index is 2.06. The highest BCUT2D eigenvalue weighted by atomic mass is 79.9. The van der Waals surface area contributed by atoms with E-state index < -0.39 is 0 Å². The molecule has 1 fully saturated rings. The van der Waals surface area contributed by atoms with E-state index in [4.69, 9.17) is 21.3 Å². The van der Waals surface area contributed by atoms with Crippen LogP contribution in [0.1, 0.15) is 32.1 Å². The Labute approximate surface area is 120 Å². The fraction of sp³-hybridized carbons (Fsp3) is 0.538. The van der Waals surface area contributed by atoms with E-state index in [1.54, 1.807) is 12.3 Å². The smallest absolute Gasteiger partial charge is 0.198 e. The number of nitrogens with two attached hydrogens (primary N) is 1. The summed E-state index contributed by atoms with van der Waals surface area (Å²) < 4.78 is 7.81. The molecule has 1 aliphatic rings. The number of rotatable bonds is 3. The van der Waals surface area contributed by atoms with Crippen molar-refractivity contribution in [1.29, 1.82) is 10.8 Å². The lowest BCUT2D eigenvalue weighted by atomic mass is 9.90. The van der Waals surface area contributed by atoms with E-state index in [2.05, 4.69) is 15.9 Å². The van der Waals surface area contributed by atoms with Gasteiger partial charge >= 0.3 is 0 Å². The van der Waals surface area contributed by atoms with Crippen LogP contribution in [-0.4, -0.2) is 17.1 Å². The zero-order valence-electron chi connectivity index (χ0n) is 10.8. The maximum absolute atomic E-state index is 7.80. The van der Waals surface area contributed by atoms with E-state index in [1.807, 2.05) is 0 Å². The number of nitrogen functional groups attached to an aromatic ring is 1. The van der Waals surface area contributed by atoms with Crippen molar-refractivity contribution in [3.05, 3.63) is 22.2 Å². The van der Waals surface area contributed by atoms with Crippen molar-refractivity contribution < 1.29 is 4.74 Å². The van der Waals surface area contributed by atoms with Gasteiger partial charge in [0.15, 0.2) is 5.96 Å². The molecule has 0 radical (unpaired) electrons. The molecule has 1 aromatic rings. The molecule has 0 amide bonds. The van der Waals surface area contributed by atoms with Gasteiger partial charge in [0, 0.05) is 12.3 Å². The molecule has 1 aliphatic carbocycles. The largest absolute Gasteiger partial charge is 0.492 e.